The molecule has 6 heteroatoms. The third-order valence-corrected chi connectivity index (χ3v) is 5.24. The smallest absolute Gasteiger partial charge is 0.246 e. The van der Waals surface area contributed by atoms with Crippen molar-refractivity contribution in [2.75, 3.05) is 0 Å². The maximum absolute atomic E-state index is 12.4. The second-order valence-electron chi connectivity index (χ2n) is 5.09. The Morgan fingerprint density at radius 3 is 2.33 bits per heavy atom. The molecule has 0 amide bonds. The van der Waals surface area contributed by atoms with E-state index < -0.39 is 10.0 Å². The number of nitrogens with one attached hydrogen (secondary N) is 1. The van der Waals surface area contributed by atoms with E-state index in [4.69, 9.17) is 4.52 Å². The molecule has 1 N–H and O–H groups in total. The van der Waals surface area contributed by atoms with Gasteiger partial charge in [0.25, 0.3) is 0 Å². The van der Waals surface area contributed by atoms with Gasteiger partial charge in [-0.2, -0.15) is 0 Å². The van der Waals surface area contributed by atoms with Crippen molar-refractivity contribution >= 4 is 10.0 Å². The lowest BCUT2D eigenvalue weighted by atomic mass is 10.1. The van der Waals surface area contributed by atoms with E-state index in [0.717, 1.165) is 12.0 Å². The lowest BCUT2D eigenvalue weighted by Crippen LogP contribution is -2.27. The Balaban J connectivity index is 2.23. The van der Waals surface area contributed by atoms with Crippen LogP contribution < -0.4 is 4.72 Å². The van der Waals surface area contributed by atoms with Crippen molar-refractivity contribution < 1.29 is 12.9 Å². The predicted molar refractivity (Wildman–Crippen MR) is 80.5 cm³/mol. The van der Waals surface area contributed by atoms with Crippen molar-refractivity contribution in [2.45, 2.75) is 45.1 Å². The van der Waals surface area contributed by atoms with Crippen LogP contribution in [0.15, 0.2) is 33.7 Å². The minimum absolute atomic E-state index is 0.125. The highest BCUT2D eigenvalue weighted by molar-refractivity contribution is 7.89. The Morgan fingerprint density at radius 1 is 1.24 bits per heavy atom. The van der Waals surface area contributed by atoms with E-state index in [1.54, 1.807) is 13.8 Å². The van der Waals surface area contributed by atoms with E-state index in [1.807, 2.05) is 31.2 Å². The van der Waals surface area contributed by atoms with E-state index >= 15 is 0 Å². The Bertz CT molecular complexity index is 698. The molecule has 0 fully saturated rings. The lowest BCUT2D eigenvalue weighted by molar-refractivity contribution is 0.390. The summed E-state index contributed by atoms with van der Waals surface area (Å²) in [5.74, 6) is 0.300. The van der Waals surface area contributed by atoms with Gasteiger partial charge < -0.3 is 4.52 Å². The van der Waals surface area contributed by atoms with Crippen molar-refractivity contribution in [3.8, 4) is 0 Å². The molecule has 1 heterocycles. The van der Waals surface area contributed by atoms with Crippen LogP contribution in [0.25, 0.3) is 0 Å². The number of benzene rings is 1. The molecule has 114 valence electrons. The number of rotatable bonds is 5. The third-order valence-electron chi connectivity index (χ3n) is 3.46. The standard InChI is InChI=1S/C15H20N2O3S/c1-5-13-6-8-14(9-7-13)10(2)17-21(18,19)15-11(3)16-20-12(15)4/h6-10,17H,5H2,1-4H3/t10-/m0/s1. The molecule has 0 aliphatic heterocycles. The predicted octanol–water partition coefficient (Wildman–Crippen LogP) is 2.89. The SMILES string of the molecule is CCc1ccc([C@H](C)NS(=O)(=O)c2c(C)noc2C)cc1. The zero-order valence-electron chi connectivity index (χ0n) is 12.7. The van der Waals surface area contributed by atoms with Gasteiger partial charge in [0.1, 0.15) is 10.6 Å². The summed E-state index contributed by atoms with van der Waals surface area (Å²) in [5.41, 5.74) is 2.51. The van der Waals surface area contributed by atoms with Crippen LogP contribution in [-0.4, -0.2) is 13.6 Å². The van der Waals surface area contributed by atoms with Crippen LogP contribution in [0.2, 0.25) is 0 Å². The van der Waals surface area contributed by atoms with Crippen molar-refractivity contribution in [3.63, 3.8) is 0 Å². The highest BCUT2D eigenvalue weighted by atomic mass is 32.2. The summed E-state index contributed by atoms with van der Waals surface area (Å²) in [7, 11) is -3.65. The van der Waals surface area contributed by atoms with Crippen LogP contribution >= 0.6 is 0 Å². The quantitative estimate of drug-likeness (QED) is 0.922. The van der Waals surface area contributed by atoms with Crippen molar-refractivity contribution in [2.24, 2.45) is 0 Å². The zero-order chi connectivity index (χ0) is 15.6. The Hall–Kier alpha value is -1.66. The van der Waals surface area contributed by atoms with E-state index in [2.05, 4.69) is 16.8 Å². The Kier molecular flexibility index (Phi) is 4.49. The molecule has 0 spiro atoms. The first-order chi connectivity index (χ1) is 9.85. The maximum atomic E-state index is 12.4. The van der Waals surface area contributed by atoms with Gasteiger partial charge in [0.15, 0.2) is 5.76 Å². The topological polar surface area (TPSA) is 72.2 Å². The fraction of sp³-hybridized carbons (Fsp3) is 0.400. The van der Waals surface area contributed by atoms with Crippen molar-refractivity contribution in [1.29, 1.82) is 0 Å². The van der Waals surface area contributed by atoms with Gasteiger partial charge in [-0.05, 0) is 38.3 Å². The average Bonchev–Trinajstić information content (AvgIpc) is 2.78. The highest BCUT2D eigenvalue weighted by Gasteiger charge is 2.26. The van der Waals surface area contributed by atoms with Gasteiger partial charge in [0.2, 0.25) is 10.0 Å². The van der Waals surface area contributed by atoms with Gasteiger partial charge in [-0.25, -0.2) is 13.1 Å². The second-order valence-corrected chi connectivity index (χ2v) is 6.74. The maximum Gasteiger partial charge on any atom is 0.246 e. The number of aromatic nitrogens is 1. The summed E-state index contributed by atoms with van der Waals surface area (Å²) in [5, 5.41) is 3.69. The van der Waals surface area contributed by atoms with Crippen LogP contribution in [0.5, 0.6) is 0 Å². The minimum Gasteiger partial charge on any atom is -0.360 e. The van der Waals surface area contributed by atoms with E-state index in [-0.39, 0.29) is 10.9 Å². The van der Waals surface area contributed by atoms with Gasteiger partial charge >= 0.3 is 0 Å². The van der Waals surface area contributed by atoms with Crippen molar-refractivity contribution in [1.82, 2.24) is 9.88 Å². The van der Waals surface area contributed by atoms with Crippen LogP contribution in [0, 0.1) is 13.8 Å². The van der Waals surface area contributed by atoms with Crippen molar-refractivity contribution in [3.05, 3.63) is 46.8 Å². The molecule has 0 aliphatic carbocycles. The molecule has 1 aromatic carbocycles. The van der Waals surface area contributed by atoms with Crippen LogP contribution in [0.3, 0.4) is 0 Å². The Labute approximate surface area is 125 Å². The van der Waals surface area contributed by atoms with Crippen LogP contribution in [-0.2, 0) is 16.4 Å². The van der Waals surface area contributed by atoms with Crippen LogP contribution in [0.4, 0.5) is 0 Å². The summed E-state index contributed by atoms with van der Waals surface area (Å²) < 4.78 is 32.5. The van der Waals surface area contributed by atoms with Gasteiger partial charge in [-0.15, -0.1) is 0 Å². The Morgan fingerprint density at radius 2 is 1.86 bits per heavy atom. The summed E-state index contributed by atoms with van der Waals surface area (Å²) in [6.45, 7) is 7.11. The van der Waals surface area contributed by atoms with Gasteiger partial charge in [-0.3, -0.25) is 0 Å². The first kappa shape index (κ1) is 15.7. The summed E-state index contributed by atoms with van der Waals surface area (Å²) >= 11 is 0. The largest absolute Gasteiger partial charge is 0.360 e. The van der Waals surface area contributed by atoms with E-state index in [1.165, 1.54) is 5.56 Å². The summed E-state index contributed by atoms with van der Waals surface area (Å²) in [4.78, 5) is 0.125. The first-order valence-corrected chi connectivity index (χ1v) is 8.37. The molecule has 0 aliphatic rings. The average molecular weight is 308 g/mol. The normalized spacial score (nSPS) is 13.3. The number of nitrogens with zero attached hydrogens (tertiary/aromatic N) is 1. The number of hydrogen-bond acceptors (Lipinski definition) is 4. The van der Waals surface area contributed by atoms with Gasteiger partial charge in [0.05, 0.1) is 0 Å². The molecule has 1 aromatic heterocycles. The molecule has 21 heavy (non-hydrogen) atoms. The molecule has 2 aromatic rings. The minimum atomic E-state index is -3.65. The number of aryl methyl sites for hydroxylation is 3. The van der Waals surface area contributed by atoms with E-state index in [0.29, 0.717) is 11.5 Å². The lowest BCUT2D eigenvalue weighted by Gasteiger charge is -2.15. The molecule has 0 saturated carbocycles. The summed E-state index contributed by atoms with van der Waals surface area (Å²) in [6.07, 6.45) is 0.958. The molecule has 0 bridgehead atoms. The molecule has 5 nitrogen and oxygen atoms in total. The molecular formula is C15H20N2O3S. The number of sulfonamides is 1. The molecule has 1 atom stereocenters. The third kappa shape index (κ3) is 3.33. The monoisotopic (exact) mass is 308 g/mol. The fourth-order valence-corrected chi connectivity index (χ4v) is 3.82. The van der Waals surface area contributed by atoms with Gasteiger partial charge in [0, 0.05) is 6.04 Å². The highest BCUT2D eigenvalue weighted by Crippen LogP contribution is 2.22. The molecular weight excluding hydrogens is 288 g/mol. The molecule has 2 rings (SSSR count). The fourth-order valence-electron chi connectivity index (χ4n) is 2.26. The van der Waals surface area contributed by atoms with E-state index in [9.17, 15) is 8.42 Å². The number of hydrogen-bond donors (Lipinski definition) is 1. The summed E-state index contributed by atoms with van der Waals surface area (Å²) in [6, 6.07) is 7.58. The molecule has 0 unspecified atom stereocenters. The van der Waals surface area contributed by atoms with Gasteiger partial charge in [-0.1, -0.05) is 36.3 Å². The first-order valence-electron chi connectivity index (χ1n) is 6.89. The molecule has 0 radical (unpaired) electrons. The second kappa shape index (κ2) is 5.99. The molecule has 0 saturated heterocycles. The zero-order valence-corrected chi connectivity index (χ0v) is 13.5. The van der Waals surface area contributed by atoms with Crippen LogP contribution in [0.1, 0.15) is 42.5 Å².